The van der Waals surface area contributed by atoms with Gasteiger partial charge >= 0.3 is 5.97 Å². The number of nitrogens with one attached hydrogen (secondary N) is 2. The van der Waals surface area contributed by atoms with Gasteiger partial charge in [-0.05, 0) is 48.7 Å². The maximum absolute atomic E-state index is 12.3. The van der Waals surface area contributed by atoms with Gasteiger partial charge in [0.1, 0.15) is 17.7 Å². The number of rotatable bonds is 5. The summed E-state index contributed by atoms with van der Waals surface area (Å²) >= 11 is 0. The number of carbonyl (C=O) groups excluding carboxylic acids is 1. The highest BCUT2D eigenvalue weighted by molar-refractivity contribution is 6.05. The summed E-state index contributed by atoms with van der Waals surface area (Å²) in [5, 5.41) is 19.1. The van der Waals surface area contributed by atoms with Crippen LogP contribution in [0.3, 0.4) is 0 Å². The van der Waals surface area contributed by atoms with Crippen LogP contribution in [0.15, 0.2) is 42.5 Å². The van der Waals surface area contributed by atoms with Gasteiger partial charge in [0.2, 0.25) is 0 Å². The Morgan fingerprint density at radius 2 is 1.88 bits per heavy atom. The molecular formula is C19H19N3O4. The molecule has 0 unspecified atom stereocenters. The van der Waals surface area contributed by atoms with E-state index in [0.717, 1.165) is 5.56 Å². The zero-order chi connectivity index (χ0) is 18.7. The van der Waals surface area contributed by atoms with Crippen molar-refractivity contribution in [1.29, 1.82) is 5.41 Å². The van der Waals surface area contributed by atoms with E-state index in [0.29, 0.717) is 35.4 Å². The van der Waals surface area contributed by atoms with Crippen LogP contribution in [0.5, 0.6) is 5.75 Å². The first-order chi connectivity index (χ1) is 12.4. The minimum absolute atomic E-state index is 0.0197. The Balaban J connectivity index is 1.68. The number of carboxylic acids is 1. The van der Waals surface area contributed by atoms with Crippen molar-refractivity contribution in [3.63, 3.8) is 0 Å². The fourth-order valence-electron chi connectivity index (χ4n) is 2.87. The van der Waals surface area contributed by atoms with Gasteiger partial charge in [-0.2, -0.15) is 0 Å². The number of fused-ring (bicyclic) bond motifs is 1. The topological polar surface area (TPSA) is 126 Å². The monoisotopic (exact) mass is 353 g/mol. The van der Waals surface area contributed by atoms with Gasteiger partial charge in [0.05, 0.1) is 6.42 Å². The molecule has 3 rings (SSSR count). The van der Waals surface area contributed by atoms with E-state index in [1.165, 1.54) is 0 Å². The highest BCUT2D eigenvalue weighted by Crippen LogP contribution is 2.31. The number of nitrogen functional groups attached to an aromatic ring is 1. The lowest BCUT2D eigenvalue weighted by Crippen LogP contribution is -2.25. The average Bonchev–Trinajstić information content (AvgIpc) is 2.61. The van der Waals surface area contributed by atoms with Crippen molar-refractivity contribution in [2.75, 3.05) is 5.32 Å². The molecule has 0 bridgehead atoms. The van der Waals surface area contributed by atoms with Gasteiger partial charge in [-0.1, -0.05) is 12.1 Å². The number of aryl methyl sites for hydroxylation is 1. The molecule has 0 saturated carbocycles. The second-order valence-corrected chi connectivity index (χ2v) is 6.14. The normalized spacial score (nSPS) is 15.5. The number of hydrogen-bond donors (Lipinski definition) is 4. The lowest BCUT2D eigenvalue weighted by molar-refractivity contribution is -0.139. The van der Waals surface area contributed by atoms with Crippen LogP contribution in [0, 0.1) is 5.41 Å². The van der Waals surface area contributed by atoms with Gasteiger partial charge in [-0.25, -0.2) is 0 Å². The van der Waals surface area contributed by atoms with Gasteiger partial charge < -0.3 is 20.9 Å². The predicted molar refractivity (Wildman–Crippen MR) is 96.8 cm³/mol. The summed E-state index contributed by atoms with van der Waals surface area (Å²) in [5.74, 6) is -0.530. The highest BCUT2D eigenvalue weighted by Gasteiger charge is 2.22. The van der Waals surface area contributed by atoms with Crippen LogP contribution in [-0.4, -0.2) is 28.9 Å². The molecule has 7 heteroatoms. The first kappa shape index (κ1) is 17.5. The Kier molecular flexibility index (Phi) is 4.88. The van der Waals surface area contributed by atoms with Crippen molar-refractivity contribution in [2.24, 2.45) is 5.73 Å². The van der Waals surface area contributed by atoms with E-state index < -0.39 is 5.97 Å². The number of hydrogen-bond acceptors (Lipinski definition) is 4. The molecule has 134 valence electrons. The van der Waals surface area contributed by atoms with Crippen molar-refractivity contribution in [3.05, 3.63) is 59.2 Å². The van der Waals surface area contributed by atoms with Gasteiger partial charge in [0.15, 0.2) is 0 Å². The van der Waals surface area contributed by atoms with Gasteiger partial charge in [0.25, 0.3) is 5.91 Å². The summed E-state index contributed by atoms with van der Waals surface area (Å²) in [6.45, 7) is 0. The number of anilines is 1. The third-order valence-corrected chi connectivity index (χ3v) is 4.21. The summed E-state index contributed by atoms with van der Waals surface area (Å²) in [5.41, 5.74) is 8.01. The fourth-order valence-corrected chi connectivity index (χ4v) is 2.87. The number of ether oxygens (including phenoxy) is 1. The van der Waals surface area contributed by atoms with Gasteiger partial charge in [-0.3, -0.25) is 15.0 Å². The summed E-state index contributed by atoms with van der Waals surface area (Å²) in [6.07, 6.45) is 0.988. The third-order valence-electron chi connectivity index (χ3n) is 4.21. The number of aliphatic carboxylic acids is 1. The molecule has 0 spiro atoms. The van der Waals surface area contributed by atoms with E-state index in [4.69, 9.17) is 21.0 Å². The SMILES string of the molecule is N=C(N)c1ccc(C(=O)Nc2ccc3c(c2)CC[C@@H](CC(=O)O)O3)cc1. The average molecular weight is 353 g/mol. The summed E-state index contributed by atoms with van der Waals surface area (Å²) in [4.78, 5) is 23.1. The smallest absolute Gasteiger partial charge is 0.307 e. The lowest BCUT2D eigenvalue weighted by atomic mass is 10.00. The zero-order valence-corrected chi connectivity index (χ0v) is 14.0. The van der Waals surface area contributed by atoms with Crippen LogP contribution in [0.25, 0.3) is 0 Å². The summed E-state index contributed by atoms with van der Waals surface area (Å²) in [6, 6.07) is 11.8. The molecule has 1 atom stereocenters. The van der Waals surface area contributed by atoms with Crippen molar-refractivity contribution in [2.45, 2.75) is 25.4 Å². The molecule has 1 aliphatic heterocycles. The minimum atomic E-state index is -0.877. The lowest BCUT2D eigenvalue weighted by Gasteiger charge is -2.25. The maximum Gasteiger partial charge on any atom is 0.307 e. The van der Waals surface area contributed by atoms with E-state index in [1.54, 1.807) is 36.4 Å². The van der Waals surface area contributed by atoms with Crippen molar-refractivity contribution in [3.8, 4) is 5.75 Å². The zero-order valence-electron chi connectivity index (χ0n) is 14.0. The second-order valence-electron chi connectivity index (χ2n) is 6.14. The van der Waals surface area contributed by atoms with E-state index in [2.05, 4.69) is 5.32 Å². The predicted octanol–water partition coefficient (Wildman–Crippen LogP) is 2.39. The first-order valence-corrected chi connectivity index (χ1v) is 8.19. The molecular weight excluding hydrogens is 334 g/mol. The Bertz CT molecular complexity index is 862. The van der Waals surface area contributed by atoms with Crippen molar-refractivity contribution < 1.29 is 19.4 Å². The standard InChI is InChI=1S/C19H19N3O4/c20-18(21)11-1-3-12(4-2-11)19(25)22-14-6-8-16-13(9-14)5-7-15(26-16)10-17(23)24/h1-4,6,8-9,15H,5,7,10H2,(H3,20,21)(H,22,25)(H,23,24)/t15-/m0/s1. The molecule has 2 aromatic carbocycles. The first-order valence-electron chi connectivity index (χ1n) is 8.19. The summed E-state index contributed by atoms with van der Waals surface area (Å²) in [7, 11) is 0. The number of carboxylic acid groups (broad SMARTS) is 1. The molecule has 7 nitrogen and oxygen atoms in total. The number of amides is 1. The minimum Gasteiger partial charge on any atom is -0.490 e. The van der Waals surface area contributed by atoms with Crippen molar-refractivity contribution in [1.82, 2.24) is 0 Å². The number of benzene rings is 2. The number of amidine groups is 1. The molecule has 1 heterocycles. The van der Waals surface area contributed by atoms with Crippen LogP contribution < -0.4 is 15.8 Å². The molecule has 5 N–H and O–H groups in total. The second kappa shape index (κ2) is 7.26. The summed E-state index contributed by atoms with van der Waals surface area (Å²) < 4.78 is 5.70. The Morgan fingerprint density at radius 3 is 2.54 bits per heavy atom. The number of nitrogens with two attached hydrogens (primary N) is 1. The van der Waals surface area contributed by atoms with E-state index >= 15 is 0 Å². The molecule has 2 aromatic rings. The third kappa shape index (κ3) is 4.00. The van der Waals surface area contributed by atoms with Crippen LogP contribution in [0.1, 0.15) is 34.3 Å². The van der Waals surface area contributed by atoms with E-state index in [1.807, 2.05) is 6.07 Å². The molecule has 0 aliphatic carbocycles. The molecule has 26 heavy (non-hydrogen) atoms. The maximum atomic E-state index is 12.3. The highest BCUT2D eigenvalue weighted by atomic mass is 16.5. The molecule has 0 saturated heterocycles. The van der Waals surface area contributed by atoms with Gasteiger partial charge in [-0.15, -0.1) is 0 Å². The number of carbonyl (C=O) groups is 2. The van der Waals surface area contributed by atoms with Crippen molar-refractivity contribution >= 4 is 23.4 Å². The molecule has 0 aromatic heterocycles. The van der Waals surface area contributed by atoms with Crippen LogP contribution in [-0.2, 0) is 11.2 Å². The molecule has 1 aliphatic rings. The van der Waals surface area contributed by atoms with Crippen LogP contribution in [0.4, 0.5) is 5.69 Å². The molecule has 0 fully saturated rings. The molecule has 1 amide bonds. The molecule has 0 radical (unpaired) electrons. The fraction of sp³-hybridized carbons (Fsp3) is 0.211. The van der Waals surface area contributed by atoms with Gasteiger partial charge in [0, 0.05) is 16.8 Å². The van der Waals surface area contributed by atoms with Crippen LogP contribution >= 0.6 is 0 Å². The van der Waals surface area contributed by atoms with E-state index in [-0.39, 0.29) is 24.3 Å². The Hall–Kier alpha value is -3.35. The van der Waals surface area contributed by atoms with E-state index in [9.17, 15) is 9.59 Å². The Labute approximate surface area is 150 Å². The quantitative estimate of drug-likeness (QED) is 0.485. The Morgan fingerprint density at radius 1 is 1.19 bits per heavy atom. The van der Waals surface area contributed by atoms with Crippen LogP contribution in [0.2, 0.25) is 0 Å². The largest absolute Gasteiger partial charge is 0.490 e.